The third-order valence-electron chi connectivity index (χ3n) is 4.89. The number of carbonyl (C=O) groups excluding carboxylic acids is 2. The lowest BCUT2D eigenvalue weighted by Gasteiger charge is -2.19. The lowest BCUT2D eigenvalue weighted by atomic mass is 10.1. The normalized spacial score (nSPS) is 16.2. The predicted octanol–water partition coefficient (Wildman–Crippen LogP) is 3.21. The molecular formula is C20H21N3O5. The summed E-state index contributed by atoms with van der Waals surface area (Å²) in [7, 11) is 1.38. The van der Waals surface area contributed by atoms with Crippen LogP contribution in [-0.2, 0) is 9.59 Å². The van der Waals surface area contributed by atoms with Crippen LogP contribution in [0.4, 0.5) is 17.1 Å². The molecule has 1 fully saturated rings. The van der Waals surface area contributed by atoms with Crippen molar-refractivity contribution in [3.63, 3.8) is 0 Å². The van der Waals surface area contributed by atoms with Gasteiger partial charge in [0.25, 0.3) is 5.69 Å². The zero-order valence-electron chi connectivity index (χ0n) is 15.9. The number of nitrogens with one attached hydrogen (secondary N) is 1. The molecule has 0 unspecified atom stereocenters. The van der Waals surface area contributed by atoms with Gasteiger partial charge in [0.1, 0.15) is 5.75 Å². The highest BCUT2D eigenvalue weighted by Gasteiger charge is 2.36. The fraction of sp³-hybridized carbons (Fsp3) is 0.300. The third kappa shape index (κ3) is 3.66. The van der Waals surface area contributed by atoms with E-state index in [1.807, 2.05) is 32.0 Å². The standard InChI is InChI=1S/C20H21N3O5/c1-12-5-4-6-13(2)19(12)21-20(25)14-9-18(24)22(11-14)16-8-7-15(23(26)27)10-17(16)28-3/h4-8,10,14H,9,11H2,1-3H3,(H,21,25)/t14-/m1/s1. The van der Waals surface area contributed by atoms with E-state index in [4.69, 9.17) is 4.74 Å². The number of non-ortho nitro benzene ring substituents is 1. The molecule has 0 saturated carbocycles. The van der Waals surface area contributed by atoms with Gasteiger partial charge in [-0.2, -0.15) is 0 Å². The molecule has 3 rings (SSSR count). The molecule has 1 N–H and O–H groups in total. The number of anilines is 2. The highest BCUT2D eigenvalue weighted by Crippen LogP contribution is 2.36. The van der Waals surface area contributed by atoms with Crippen LogP contribution in [0.3, 0.4) is 0 Å². The number of carbonyl (C=O) groups is 2. The number of benzene rings is 2. The first kappa shape index (κ1) is 19.3. The van der Waals surface area contributed by atoms with Crippen LogP contribution in [0.1, 0.15) is 17.5 Å². The molecule has 0 spiro atoms. The Kier molecular flexibility index (Phi) is 5.30. The van der Waals surface area contributed by atoms with Gasteiger partial charge in [-0.3, -0.25) is 19.7 Å². The Hall–Kier alpha value is -3.42. The summed E-state index contributed by atoms with van der Waals surface area (Å²) in [5.41, 5.74) is 2.95. The highest BCUT2D eigenvalue weighted by atomic mass is 16.6. The third-order valence-corrected chi connectivity index (χ3v) is 4.89. The van der Waals surface area contributed by atoms with Crippen molar-refractivity contribution in [2.24, 2.45) is 5.92 Å². The molecule has 1 aliphatic heterocycles. The van der Waals surface area contributed by atoms with E-state index in [2.05, 4.69) is 5.32 Å². The number of aryl methyl sites for hydroxylation is 2. The molecule has 0 aliphatic carbocycles. The number of ether oxygens (including phenoxy) is 1. The Morgan fingerprint density at radius 1 is 1.25 bits per heavy atom. The van der Waals surface area contributed by atoms with Crippen LogP contribution in [0.2, 0.25) is 0 Å². The fourth-order valence-electron chi connectivity index (χ4n) is 3.36. The summed E-state index contributed by atoms with van der Waals surface area (Å²) >= 11 is 0. The Bertz CT molecular complexity index is 937. The molecular weight excluding hydrogens is 362 g/mol. The second-order valence-corrected chi connectivity index (χ2v) is 6.77. The minimum absolute atomic E-state index is 0.0664. The number of para-hydroxylation sites is 1. The molecule has 146 valence electrons. The van der Waals surface area contributed by atoms with E-state index in [0.717, 1.165) is 16.8 Å². The number of amides is 2. The van der Waals surface area contributed by atoms with Crippen molar-refractivity contribution >= 4 is 28.9 Å². The van der Waals surface area contributed by atoms with Gasteiger partial charge in [0.2, 0.25) is 11.8 Å². The largest absolute Gasteiger partial charge is 0.494 e. The molecule has 28 heavy (non-hydrogen) atoms. The van der Waals surface area contributed by atoms with Crippen molar-refractivity contribution in [2.45, 2.75) is 20.3 Å². The molecule has 0 radical (unpaired) electrons. The van der Waals surface area contributed by atoms with Crippen molar-refractivity contribution < 1.29 is 19.2 Å². The molecule has 8 nitrogen and oxygen atoms in total. The van der Waals surface area contributed by atoms with E-state index in [1.54, 1.807) is 0 Å². The van der Waals surface area contributed by atoms with E-state index >= 15 is 0 Å². The van der Waals surface area contributed by atoms with Crippen molar-refractivity contribution in [3.05, 3.63) is 57.6 Å². The van der Waals surface area contributed by atoms with Crippen LogP contribution in [-0.4, -0.2) is 30.4 Å². The Morgan fingerprint density at radius 2 is 1.93 bits per heavy atom. The maximum absolute atomic E-state index is 12.7. The van der Waals surface area contributed by atoms with Gasteiger partial charge in [0.05, 0.1) is 29.7 Å². The number of methoxy groups -OCH3 is 1. The summed E-state index contributed by atoms with van der Waals surface area (Å²) in [4.78, 5) is 37.1. The van der Waals surface area contributed by atoms with Gasteiger partial charge >= 0.3 is 0 Å². The van der Waals surface area contributed by atoms with Crippen LogP contribution in [0.15, 0.2) is 36.4 Å². The SMILES string of the molecule is COc1cc([N+](=O)[O-])ccc1N1C[C@H](C(=O)Nc2c(C)cccc2C)CC1=O. The van der Waals surface area contributed by atoms with Crippen LogP contribution in [0, 0.1) is 29.9 Å². The van der Waals surface area contributed by atoms with Gasteiger partial charge in [0, 0.05) is 24.7 Å². The number of hydrogen-bond acceptors (Lipinski definition) is 5. The van der Waals surface area contributed by atoms with Crippen LogP contribution < -0.4 is 15.0 Å². The molecule has 2 aromatic carbocycles. The Labute approximate surface area is 162 Å². The fourth-order valence-corrected chi connectivity index (χ4v) is 3.36. The second-order valence-electron chi connectivity index (χ2n) is 6.77. The maximum atomic E-state index is 12.7. The van der Waals surface area contributed by atoms with Gasteiger partial charge in [-0.1, -0.05) is 18.2 Å². The lowest BCUT2D eigenvalue weighted by Crippen LogP contribution is -2.28. The average molecular weight is 383 g/mol. The molecule has 0 aromatic heterocycles. The van der Waals surface area contributed by atoms with E-state index in [0.29, 0.717) is 5.69 Å². The van der Waals surface area contributed by atoms with E-state index < -0.39 is 10.8 Å². The van der Waals surface area contributed by atoms with Gasteiger partial charge in [-0.25, -0.2) is 0 Å². The summed E-state index contributed by atoms with van der Waals surface area (Å²) in [6, 6.07) is 9.80. The summed E-state index contributed by atoms with van der Waals surface area (Å²) in [5.74, 6) is -0.757. The minimum atomic E-state index is -0.529. The number of nitrogens with zero attached hydrogens (tertiary/aromatic N) is 2. The topological polar surface area (TPSA) is 102 Å². The number of rotatable bonds is 5. The van der Waals surface area contributed by atoms with E-state index in [9.17, 15) is 19.7 Å². The second kappa shape index (κ2) is 7.67. The van der Waals surface area contributed by atoms with Crippen LogP contribution in [0.5, 0.6) is 5.75 Å². The van der Waals surface area contributed by atoms with E-state index in [-0.39, 0.29) is 36.2 Å². The van der Waals surface area contributed by atoms with Crippen LogP contribution >= 0.6 is 0 Å². The molecule has 2 aromatic rings. The maximum Gasteiger partial charge on any atom is 0.273 e. The van der Waals surface area contributed by atoms with Gasteiger partial charge in [0.15, 0.2) is 0 Å². The monoisotopic (exact) mass is 383 g/mol. The first-order valence-electron chi connectivity index (χ1n) is 8.81. The smallest absolute Gasteiger partial charge is 0.273 e. The summed E-state index contributed by atoms with van der Waals surface area (Å²) in [6.07, 6.45) is 0.0664. The highest BCUT2D eigenvalue weighted by molar-refractivity contribution is 6.04. The van der Waals surface area contributed by atoms with Crippen molar-refractivity contribution in [2.75, 3.05) is 23.9 Å². The van der Waals surface area contributed by atoms with Gasteiger partial charge < -0.3 is 15.0 Å². The first-order chi connectivity index (χ1) is 13.3. The number of nitro benzene ring substituents is 1. The minimum Gasteiger partial charge on any atom is -0.494 e. The summed E-state index contributed by atoms with van der Waals surface area (Å²) in [6.45, 7) is 4.01. The Morgan fingerprint density at radius 3 is 2.54 bits per heavy atom. The summed E-state index contributed by atoms with van der Waals surface area (Å²) in [5, 5.41) is 13.9. The Balaban J connectivity index is 1.80. The molecule has 0 bridgehead atoms. The quantitative estimate of drug-likeness (QED) is 0.631. The lowest BCUT2D eigenvalue weighted by molar-refractivity contribution is -0.384. The van der Waals surface area contributed by atoms with Gasteiger partial charge in [-0.15, -0.1) is 0 Å². The molecule has 1 heterocycles. The first-order valence-corrected chi connectivity index (χ1v) is 8.81. The zero-order chi connectivity index (χ0) is 20.4. The van der Waals surface area contributed by atoms with Crippen LogP contribution in [0.25, 0.3) is 0 Å². The van der Waals surface area contributed by atoms with E-state index in [1.165, 1.54) is 30.2 Å². The van der Waals surface area contributed by atoms with Crippen molar-refractivity contribution in [1.29, 1.82) is 0 Å². The zero-order valence-corrected chi connectivity index (χ0v) is 15.9. The molecule has 8 heteroatoms. The van der Waals surface area contributed by atoms with Crippen molar-refractivity contribution in [1.82, 2.24) is 0 Å². The van der Waals surface area contributed by atoms with Gasteiger partial charge in [-0.05, 0) is 31.0 Å². The molecule has 1 saturated heterocycles. The van der Waals surface area contributed by atoms with Crippen molar-refractivity contribution in [3.8, 4) is 5.75 Å². The molecule has 2 amide bonds. The summed E-state index contributed by atoms with van der Waals surface area (Å²) < 4.78 is 5.22. The molecule has 1 aliphatic rings. The molecule has 1 atom stereocenters. The average Bonchev–Trinajstić information content (AvgIpc) is 3.05. The number of nitro groups is 1. The predicted molar refractivity (Wildman–Crippen MR) is 105 cm³/mol. The number of hydrogen-bond donors (Lipinski definition) is 1.